The molecule has 1 amide bonds. The topological polar surface area (TPSA) is 65.0 Å². The number of carbonyl (C=O) groups excluding carboxylic acids is 1. The Hall–Kier alpha value is -2.82. The lowest BCUT2D eigenvalue weighted by atomic mass is 10.2. The Morgan fingerprint density at radius 1 is 1.04 bits per heavy atom. The van der Waals surface area contributed by atoms with Crippen molar-refractivity contribution in [3.05, 3.63) is 53.7 Å². The summed E-state index contributed by atoms with van der Waals surface area (Å²) in [5.74, 6) is -1.30. The van der Waals surface area contributed by atoms with E-state index in [-0.39, 0.29) is 23.6 Å². The van der Waals surface area contributed by atoms with Gasteiger partial charge >= 0.3 is 18.4 Å². The van der Waals surface area contributed by atoms with Gasteiger partial charge in [-0.15, -0.1) is 13.2 Å². The van der Waals surface area contributed by atoms with Gasteiger partial charge < -0.3 is 9.47 Å². The molecule has 27 heavy (non-hydrogen) atoms. The maximum absolute atomic E-state index is 12.4. The highest BCUT2D eigenvalue weighted by Gasteiger charge is 2.32. The lowest BCUT2D eigenvalue weighted by Crippen LogP contribution is -2.86. The Balaban J connectivity index is 1.96. The third-order valence-electron chi connectivity index (χ3n) is 3.11. The minimum absolute atomic E-state index is 0.0450. The smallest absolute Gasteiger partial charge is 0.468 e. The fraction of sp³-hybridized carbons (Fsp3) is 0.250. The van der Waals surface area contributed by atoms with E-state index in [1.54, 1.807) is 0 Å². The Bertz CT molecular complexity index is 775. The van der Waals surface area contributed by atoms with E-state index < -0.39 is 30.8 Å². The zero-order valence-corrected chi connectivity index (χ0v) is 13.5. The second kappa shape index (κ2) is 8.25. The van der Waals surface area contributed by atoms with Crippen molar-refractivity contribution in [2.24, 2.45) is 0 Å². The Kier molecular flexibility index (Phi) is 6.26. The van der Waals surface area contributed by atoms with E-state index in [1.807, 2.05) is 0 Å². The van der Waals surface area contributed by atoms with Gasteiger partial charge in [-0.05, 0) is 18.2 Å². The quantitative estimate of drug-likeness (QED) is 0.764. The van der Waals surface area contributed by atoms with Gasteiger partial charge in [-0.2, -0.15) is 13.2 Å². The van der Waals surface area contributed by atoms with Crippen LogP contribution in [0.4, 0.5) is 26.3 Å². The fourth-order valence-electron chi connectivity index (χ4n) is 1.98. The first-order valence-electron chi connectivity index (χ1n) is 7.40. The SMILES string of the molecule is O=C([NH2+]Cc1ccccc1OC(F)(F)F)c1ccc(OCC(F)(F)F)nc1. The molecule has 0 saturated heterocycles. The van der Waals surface area contributed by atoms with Crippen molar-refractivity contribution in [2.45, 2.75) is 19.1 Å². The molecule has 0 fully saturated rings. The number of quaternary nitrogens is 1. The molecule has 0 radical (unpaired) electrons. The number of amides is 1. The van der Waals surface area contributed by atoms with Crippen LogP contribution in [0.3, 0.4) is 0 Å². The molecule has 2 N–H and O–H groups in total. The first kappa shape index (κ1) is 20.5. The number of nitrogens with two attached hydrogens (primary N) is 1. The molecular formula is C16H13F6N2O3+. The van der Waals surface area contributed by atoms with Gasteiger partial charge in [0.05, 0.1) is 5.56 Å². The van der Waals surface area contributed by atoms with Gasteiger partial charge in [0.1, 0.15) is 12.3 Å². The number of halogens is 6. The van der Waals surface area contributed by atoms with Crippen molar-refractivity contribution in [2.75, 3.05) is 6.61 Å². The second-order valence-corrected chi connectivity index (χ2v) is 5.22. The van der Waals surface area contributed by atoms with Crippen LogP contribution < -0.4 is 14.8 Å². The summed E-state index contributed by atoms with van der Waals surface area (Å²) in [6, 6.07) is 7.64. The molecule has 11 heteroatoms. The number of hydrogen-bond donors (Lipinski definition) is 1. The van der Waals surface area contributed by atoms with Gasteiger partial charge in [0.25, 0.3) is 0 Å². The molecule has 0 aliphatic carbocycles. The first-order valence-corrected chi connectivity index (χ1v) is 7.40. The van der Waals surface area contributed by atoms with Crippen LogP contribution in [0.5, 0.6) is 11.6 Å². The molecule has 2 rings (SSSR count). The van der Waals surface area contributed by atoms with Gasteiger partial charge in [-0.3, -0.25) is 5.32 Å². The van der Waals surface area contributed by atoms with Crippen molar-refractivity contribution >= 4 is 5.91 Å². The lowest BCUT2D eigenvalue weighted by molar-refractivity contribution is -0.572. The molecule has 0 aliphatic heterocycles. The van der Waals surface area contributed by atoms with Crippen LogP contribution in [0, 0.1) is 0 Å². The number of aromatic nitrogens is 1. The summed E-state index contributed by atoms with van der Waals surface area (Å²) in [4.78, 5) is 15.7. The number of para-hydroxylation sites is 1. The van der Waals surface area contributed by atoms with E-state index in [0.717, 1.165) is 23.6 Å². The summed E-state index contributed by atoms with van der Waals surface area (Å²) < 4.78 is 81.6. The van der Waals surface area contributed by atoms with Gasteiger partial charge in [-0.1, -0.05) is 12.1 Å². The van der Waals surface area contributed by atoms with Gasteiger partial charge in [0, 0.05) is 17.8 Å². The largest absolute Gasteiger partial charge is 0.573 e. The Labute approximate surface area is 148 Å². The summed E-state index contributed by atoms with van der Waals surface area (Å²) in [6.07, 6.45) is -8.37. The minimum Gasteiger partial charge on any atom is -0.468 e. The number of pyridine rings is 1. The monoisotopic (exact) mass is 395 g/mol. The summed E-state index contributed by atoms with van der Waals surface area (Å²) in [7, 11) is 0. The number of primary amides is 1. The molecule has 1 aromatic heterocycles. The van der Waals surface area contributed by atoms with E-state index >= 15 is 0 Å². The Morgan fingerprint density at radius 3 is 2.33 bits per heavy atom. The van der Waals surface area contributed by atoms with E-state index in [1.165, 1.54) is 24.3 Å². The molecule has 0 aliphatic rings. The number of benzene rings is 1. The van der Waals surface area contributed by atoms with Crippen LogP contribution in [0.1, 0.15) is 15.9 Å². The van der Waals surface area contributed by atoms with E-state index in [0.29, 0.717) is 0 Å². The van der Waals surface area contributed by atoms with Crippen molar-refractivity contribution < 1.29 is 45.9 Å². The highest BCUT2D eigenvalue weighted by atomic mass is 19.4. The Morgan fingerprint density at radius 2 is 1.74 bits per heavy atom. The number of hydrogen-bond acceptors (Lipinski definition) is 4. The van der Waals surface area contributed by atoms with Gasteiger partial charge in [0.15, 0.2) is 6.61 Å². The van der Waals surface area contributed by atoms with Crippen LogP contribution in [0.25, 0.3) is 0 Å². The predicted octanol–water partition coefficient (Wildman–Crippen LogP) is 2.83. The molecule has 146 valence electrons. The molecule has 0 unspecified atom stereocenters. The third kappa shape index (κ3) is 7.13. The van der Waals surface area contributed by atoms with Gasteiger partial charge in [-0.25, -0.2) is 9.78 Å². The summed E-state index contributed by atoms with van der Waals surface area (Å²) in [6.45, 7) is -1.66. The average Bonchev–Trinajstić information content (AvgIpc) is 2.57. The molecule has 5 nitrogen and oxygen atoms in total. The number of rotatable bonds is 6. The molecule has 0 bridgehead atoms. The fourth-order valence-corrected chi connectivity index (χ4v) is 1.98. The lowest BCUT2D eigenvalue weighted by Gasteiger charge is -2.12. The molecular weight excluding hydrogens is 382 g/mol. The van der Waals surface area contributed by atoms with Crippen molar-refractivity contribution in [1.82, 2.24) is 4.98 Å². The summed E-state index contributed by atoms with van der Waals surface area (Å²) in [5.41, 5.74) is 0.185. The molecule has 2 aromatic rings. The molecule has 1 aromatic carbocycles. The number of carbonyl (C=O) groups is 1. The van der Waals surface area contributed by atoms with Crippen LogP contribution in [-0.4, -0.2) is 30.0 Å². The normalized spacial score (nSPS) is 11.9. The molecule has 1 heterocycles. The second-order valence-electron chi connectivity index (χ2n) is 5.22. The summed E-state index contributed by atoms with van der Waals surface area (Å²) in [5, 5.41) is 1.12. The molecule has 0 saturated carbocycles. The number of ether oxygens (including phenoxy) is 2. The maximum Gasteiger partial charge on any atom is 0.573 e. The highest BCUT2D eigenvalue weighted by Crippen LogP contribution is 2.25. The molecule has 0 spiro atoms. The standard InChI is InChI=1S/C16H12F6N2O3/c17-15(18,19)9-26-13-6-5-11(8-23-13)14(25)24-7-10-3-1-2-4-12(10)27-16(20,21)22/h1-6,8H,7,9H2,(H,24,25)/p+1. The maximum atomic E-state index is 12.4. The first-order chi connectivity index (χ1) is 12.5. The minimum atomic E-state index is -4.86. The van der Waals surface area contributed by atoms with Crippen molar-refractivity contribution in [3.8, 4) is 11.6 Å². The number of alkyl halides is 6. The average molecular weight is 395 g/mol. The van der Waals surface area contributed by atoms with Crippen LogP contribution in [0.2, 0.25) is 0 Å². The van der Waals surface area contributed by atoms with E-state index in [4.69, 9.17) is 0 Å². The van der Waals surface area contributed by atoms with E-state index in [9.17, 15) is 31.1 Å². The van der Waals surface area contributed by atoms with Crippen molar-refractivity contribution in [3.63, 3.8) is 0 Å². The van der Waals surface area contributed by atoms with Crippen LogP contribution in [-0.2, 0) is 6.54 Å². The zero-order valence-electron chi connectivity index (χ0n) is 13.5. The van der Waals surface area contributed by atoms with Crippen LogP contribution in [0.15, 0.2) is 42.6 Å². The highest BCUT2D eigenvalue weighted by molar-refractivity contribution is 5.86. The third-order valence-corrected chi connectivity index (χ3v) is 3.11. The van der Waals surface area contributed by atoms with Crippen molar-refractivity contribution in [1.29, 1.82) is 0 Å². The van der Waals surface area contributed by atoms with Gasteiger partial charge in [0.2, 0.25) is 5.88 Å². The zero-order chi connectivity index (χ0) is 20.1. The molecule has 0 atom stereocenters. The predicted molar refractivity (Wildman–Crippen MR) is 78.9 cm³/mol. The van der Waals surface area contributed by atoms with E-state index in [2.05, 4.69) is 14.5 Å². The summed E-state index contributed by atoms with van der Waals surface area (Å²) >= 11 is 0. The number of nitrogens with zero attached hydrogens (tertiary/aromatic N) is 1. The van der Waals surface area contributed by atoms with Crippen LogP contribution >= 0.6 is 0 Å².